The smallest absolute Gasteiger partial charge is 0.0648 e. The Balaban J connectivity index is 3.05. The predicted molar refractivity (Wildman–Crippen MR) is 31.5 cm³/mol. The van der Waals surface area contributed by atoms with Crippen LogP contribution in [-0.4, -0.2) is 5.04 Å². The minimum Gasteiger partial charge on any atom is -0.298 e. The molecule has 34 valence electrons. The molecule has 0 unspecified atom stereocenters. The van der Waals surface area contributed by atoms with Crippen molar-refractivity contribution in [1.29, 1.82) is 5.41 Å². The molecule has 0 radical (unpaired) electrons. The molecule has 0 amide bonds. The van der Waals surface area contributed by atoms with Gasteiger partial charge in [-0.3, -0.25) is 5.41 Å². The summed E-state index contributed by atoms with van der Waals surface area (Å²) in [6.45, 7) is 3.41. The Labute approximate surface area is 43.0 Å². The van der Waals surface area contributed by atoms with Gasteiger partial charge in [-0.2, -0.15) is 0 Å². The summed E-state index contributed by atoms with van der Waals surface area (Å²) in [5.41, 5.74) is 0. The lowest BCUT2D eigenvalue weighted by molar-refractivity contribution is 1.43. The Hall–Kier alpha value is -0.240. The van der Waals surface area contributed by atoms with E-state index in [0.717, 1.165) is 0 Å². The molecule has 1 N–H and O–H groups in total. The monoisotopic (exact) mass is 101 g/mol. The Morgan fingerprint density at radius 1 is 2.00 bits per heavy atom. The van der Waals surface area contributed by atoms with Crippen molar-refractivity contribution < 1.29 is 0 Å². The first-order valence-electron chi connectivity index (χ1n) is 1.64. The molecule has 0 fully saturated rings. The third-order valence-corrected chi connectivity index (χ3v) is 0.520. The van der Waals surface area contributed by atoms with Gasteiger partial charge in [0.1, 0.15) is 0 Å². The zero-order valence-corrected chi connectivity index (χ0v) is 4.33. The third kappa shape index (κ3) is 3.76. The number of thiol groups is 1. The maximum Gasteiger partial charge on any atom is 0.0648 e. The molecule has 0 aliphatic rings. The minimum absolute atomic E-state index is 0.366. The number of hydrogen-bond acceptors (Lipinski definition) is 1. The molecule has 0 aromatic carbocycles. The molecule has 0 spiro atoms. The molecular weight excluding hydrogens is 94.1 g/mol. The molecule has 0 aliphatic heterocycles. The van der Waals surface area contributed by atoms with Gasteiger partial charge < -0.3 is 0 Å². The van der Waals surface area contributed by atoms with E-state index in [1.165, 1.54) is 0 Å². The summed E-state index contributed by atoms with van der Waals surface area (Å²) < 4.78 is 0. The molecule has 0 saturated heterocycles. The van der Waals surface area contributed by atoms with Gasteiger partial charge in [-0.1, -0.05) is 6.08 Å². The van der Waals surface area contributed by atoms with Gasteiger partial charge >= 0.3 is 0 Å². The van der Waals surface area contributed by atoms with E-state index in [-0.39, 0.29) is 0 Å². The molecule has 0 aliphatic carbocycles. The summed E-state index contributed by atoms with van der Waals surface area (Å²) in [6.07, 6.45) is 2.23. The molecule has 0 atom stereocenters. The SMILES string of the molecule is C=CCC(=N)S. The summed E-state index contributed by atoms with van der Waals surface area (Å²) in [4.78, 5) is 0. The first kappa shape index (κ1) is 5.76. The fourth-order valence-electron chi connectivity index (χ4n) is 0.137. The van der Waals surface area contributed by atoms with Gasteiger partial charge in [-0.15, -0.1) is 19.2 Å². The van der Waals surface area contributed by atoms with Crippen molar-refractivity contribution in [2.45, 2.75) is 6.42 Å². The molecule has 2 heteroatoms. The van der Waals surface area contributed by atoms with Gasteiger partial charge in [-0.05, 0) is 0 Å². The van der Waals surface area contributed by atoms with E-state index in [9.17, 15) is 0 Å². The van der Waals surface area contributed by atoms with Crippen molar-refractivity contribution in [2.75, 3.05) is 0 Å². The summed E-state index contributed by atoms with van der Waals surface area (Å²) in [6, 6.07) is 0. The van der Waals surface area contributed by atoms with Crippen LogP contribution in [0.4, 0.5) is 0 Å². The molecule has 0 aromatic rings. The summed E-state index contributed by atoms with van der Waals surface area (Å²) in [7, 11) is 0. The summed E-state index contributed by atoms with van der Waals surface area (Å²) >= 11 is 3.69. The lowest BCUT2D eigenvalue weighted by atomic mass is 10.5. The molecule has 0 bridgehead atoms. The zero-order chi connectivity index (χ0) is 4.99. The Morgan fingerprint density at radius 2 is 2.50 bits per heavy atom. The van der Waals surface area contributed by atoms with Crippen LogP contribution in [-0.2, 0) is 0 Å². The van der Waals surface area contributed by atoms with E-state index >= 15 is 0 Å². The van der Waals surface area contributed by atoms with Crippen LogP contribution >= 0.6 is 12.6 Å². The van der Waals surface area contributed by atoms with E-state index in [1.54, 1.807) is 6.08 Å². The van der Waals surface area contributed by atoms with Crippen molar-refractivity contribution in [3.63, 3.8) is 0 Å². The number of hydrogen-bond donors (Lipinski definition) is 2. The molecule has 0 heterocycles. The van der Waals surface area contributed by atoms with Crippen molar-refractivity contribution in [1.82, 2.24) is 0 Å². The van der Waals surface area contributed by atoms with Gasteiger partial charge in [0.15, 0.2) is 0 Å². The lowest BCUT2D eigenvalue weighted by Crippen LogP contribution is -1.75. The molecular formula is C4H7NS. The second-order valence-corrected chi connectivity index (χ2v) is 1.48. The third-order valence-electron chi connectivity index (χ3n) is 0.338. The maximum absolute atomic E-state index is 6.69. The summed E-state index contributed by atoms with van der Waals surface area (Å²) in [5.74, 6) is 0. The van der Waals surface area contributed by atoms with Crippen molar-refractivity contribution in [2.24, 2.45) is 0 Å². The fourth-order valence-corrected chi connectivity index (χ4v) is 0.266. The molecule has 0 aromatic heterocycles. The van der Waals surface area contributed by atoms with Gasteiger partial charge in [0.25, 0.3) is 0 Å². The predicted octanol–water partition coefficient (Wildman–Crippen LogP) is 1.47. The number of nitrogens with one attached hydrogen (secondary N) is 1. The molecule has 6 heavy (non-hydrogen) atoms. The molecule has 0 rings (SSSR count). The van der Waals surface area contributed by atoms with Crippen LogP contribution < -0.4 is 0 Å². The van der Waals surface area contributed by atoms with Crippen LogP contribution in [0.3, 0.4) is 0 Å². The van der Waals surface area contributed by atoms with Crippen LogP contribution in [0.15, 0.2) is 12.7 Å². The summed E-state index contributed by atoms with van der Waals surface area (Å²) in [5, 5.41) is 7.05. The first-order valence-corrected chi connectivity index (χ1v) is 2.09. The second kappa shape index (κ2) is 2.97. The first-order chi connectivity index (χ1) is 2.77. The Bertz CT molecular complexity index is 67.9. The van der Waals surface area contributed by atoms with Crippen LogP contribution in [0.2, 0.25) is 0 Å². The highest BCUT2D eigenvalue weighted by Crippen LogP contribution is 1.85. The lowest BCUT2D eigenvalue weighted by Gasteiger charge is -1.79. The number of allylic oxidation sites excluding steroid dienone is 1. The average Bonchev–Trinajstić information content (AvgIpc) is 1.35. The normalized spacial score (nSPS) is 7.50. The van der Waals surface area contributed by atoms with Crippen LogP contribution in [0.5, 0.6) is 0 Å². The highest BCUT2D eigenvalue weighted by Gasteiger charge is 1.75. The topological polar surface area (TPSA) is 23.9 Å². The van der Waals surface area contributed by atoms with Crippen molar-refractivity contribution >= 4 is 17.7 Å². The van der Waals surface area contributed by atoms with Gasteiger partial charge in [-0.25, -0.2) is 0 Å². The van der Waals surface area contributed by atoms with E-state index < -0.39 is 0 Å². The van der Waals surface area contributed by atoms with Crippen molar-refractivity contribution in [3.8, 4) is 0 Å². The zero-order valence-electron chi connectivity index (χ0n) is 3.44. The Kier molecular flexibility index (Phi) is 2.85. The second-order valence-electron chi connectivity index (χ2n) is 0.939. The minimum atomic E-state index is 0.366. The van der Waals surface area contributed by atoms with E-state index in [2.05, 4.69) is 19.2 Å². The fraction of sp³-hybridized carbons (Fsp3) is 0.250. The highest BCUT2D eigenvalue weighted by atomic mass is 32.1. The van der Waals surface area contributed by atoms with Crippen LogP contribution in [0.25, 0.3) is 0 Å². The maximum atomic E-state index is 6.69. The average molecular weight is 101 g/mol. The number of rotatable bonds is 2. The largest absolute Gasteiger partial charge is 0.298 e. The quantitative estimate of drug-likeness (QED) is 0.228. The highest BCUT2D eigenvalue weighted by molar-refractivity contribution is 7.96. The van der Waals surface area contributed by atoms with E-state index in [1.807, 2.05) is 0 Å². The Morgan fingerprint density at radius 3 is 2.50 bits per heavy atom. The van der Waals surface area contributed by atoms with E-state index in [0.29, 0.717) is 11.5 Å². The van der Waals surface area contributed by atoms with Crippen LogP contribution in [0, 0.1) is 5.41 Å². The van der Waals surface area contributed by atoms with Gasteiger partial charge in [0, 0.05) is 6.42 Å². The van der Waals surface area contributed by atoms with Gasteiger partial charge in [0.2, 0.25) is 0 Å². The molecule has 1 nitrogen and oxygen atoms in total. The van der Waals surface area contributed by atoms with Gasteiger partial charge in [0.05, 0.1) is 5.04 Å². The van der Waals surface area contributed by atoms with Crippen LogP contribution in [0.1, 0.15) is 6.42 Å². The molecule has 0 saturated carbocycles. The standard InChI is InChI=1S/C4H7NS/c1-2-3-4(5)6/h2H,1,3H2,(H2,5,6). The van der Waals surface area contributed by atoms with E-state index in [4.69, 9.17) is 5.41 Å². The van der Waals surface area contributed by atoms with Crippen molar-refractivity contribution in [3.05, 3.63) is 12.7 Å².